The van der Waals surface area contributed by atoms with Gasteiger partial charge in [0.25, 0.3) is 0 Å². The van der Waals surface area contributed by atoms with Crippen molar-refractivity contribution in [3.63, 3.8) is 0 Å². The lowest BCUT2D eigenvalue weighted by atomic mass is 10.0. The van der Waals surface area contributed by atoms with Crippen LogP contribution in [0.1, 0.15) is 44.0 Å². The number of ether oxygens (including phenoxy) is 1. The third-order valence-electron chi connectivity index (χ3n) is 6.28. The van der Waals surface area contributed by atoms with Gasteiger partial charge in [-0.05, 0) is 70.0 Å². The van der Waals surface area contributed by atoms with E-state index < -0.39 is 11.6 Å². The van der Waals surface area contributed by atoms with E-state index in [-0.39, 0.29) is 17.7 Å². The number of carboxylic acids is 1. The molecule has 9 nitrogen and oxygen atoms in total. The van der Waals surface area contributed by atoms with Gasteiger partial charge in [0.2, 0.25) is 0 Å². The third kappa shape index (κ3) is 4.82. The summed E-state index contributed by atoms with van der Waals surface area (Å²) in [5.41, 5.74) is 3.00. The molecule has 36 heavy (non-hydrogen) atoms. The molecular weight excluding hydrogens is 458 g/mol. The van der Waals surface area contributed by atoms with Gasteiger partial charge in [-0.2, -0.15) is 0 Å². The number of rotatable bonds is 4. The molecule has 4 aromatic rings. The predicted octanol–water partition coefficient (Wildman–Crippen LogP) is 4.77. The fraction of sp³-hybridized carbons (Fsp3) is 0.333. The number of nitrogens with zero attached hydrogens (tertiary/aromatic N) is 4. The summed E-state index contributed by atoms with van der Waals surface area (Å²) in [7, 11) is 0. The number of amides is 1. The van der Waals surface area contributed by atoms with Gasteiger partial charge >= 0.3 is 12.1 Å². The average molecular weight is 488 g/mol. The highest BCUT2D eigenvalue weighted by Crippen LogP contribution is 2.29. The lowest BCUT2D eigenvalue weighted by Crippen LogP contribution is -2.46. The first-order valence-corrected chi connectivity index (χ1v) is 12.0. The summed E-state index contributed by atoms with van der Waals surface area (Å²) < 4.78 is 7.27. The molecule has 0 radical (unpaired) electrons. The zero-order valence-corrected chi connectivity index (χ0v) is 20.6. The van der Waals surface area contributed by atoms with E-state index in [9.17, 15) is 14.7 Å². The standard InChI is InChI=1S/C27H29N5O4/c1-27(2,3)36-26(35)29-19-11-13-31(14-12-19)22-6-4-5-17-8-10-23(30-24(17)22)32-16-28-20-15-18(25(33)34)7-9-21(20)32/h4-10,15-16,19H,11-14H2,1-3H3,(H,29,35)(H,33,34). The molecule has 0 bridgehead atoms. The highest BCUT2D eigenvalue weighted by molar-refractivity contribution is 5.94. The summed E-state index contributed by atoms with van der Waals surface area (Å²) in [6, 6.07) is 15.1. The number of imidazole rings is 1. The molecule has 1 aliphatic heterocycles. The van der Waals surface area contributed by atoms with Gasteiger partial charge in [-0.1, -0.05) is 12.1 Å². The molecule has 0 aliphatic carbocycles. The summed E-state index contributed by atoms with van der Waals surface area (Å²) in [6.45, 7) is 7.15. The van der Waals surface area contributed by atoms with E-state index in [0.717, 1.165) is 48.0 Å². The second-order valence-electron chi connectivity index (χ2n) is 10.0. The van der Waals surface area contributed by atoms with Gasteiger partial charge in [-0.25, -0.2) is 19.6 Å². The molecule has 0 saturated carbocycles. The van der Waals surface area contributed by atoms with Crippen LogP contribution in [0.4, 0.5) is 10.5 Å². The van der Waals surface area contributed by atoms with E-state index in [1.807, 2.05) is 49.6 Å². The third-order valence-corrected chi connectivity index (χ3v) is 6.28. The van der Waals surface area contributed by atoms with Crippen molar-refractivity contribution >= 4 is 39.7 Å². The predicted molar refractivity (Wildman–Crippen MR) is 138 cm³/mol. The molecular formula is C27H29N5O4. The van der Waals surface area contributed by atoms with Crippen molar-refractivity contribution in [3.05, 3.63) is 60.4 Å². The van der Waals surface area contributed by atoms with Gasteiger partial charge in [0.1, 0.15) is 17.7 Å². The largest absolute Gasteiger partial charge is 0.478 e. The molecule has 9 heteroatoms. The first-order chi connectivity index (χ1) is 17.2. The number of carbonyl (C=O) groups is 2. The van der Waals surface area contributed by atoms with Crippen LogP contribution in [0, 0.1) is 0 Å². The number of hydrogen-bond acceptors (Lipinski definition) is 6. The number of aromatic nitrogens is 3. The summed E-state index contributed by atoms with van der Waals surface area (Å²) in [5, 5.41) is 13.3. The molecule has 0 spiro atoms. The Hall–Kier alpha value is -4.14. The maximum absolute atomic E-state index is 12.2. The number of benzene rings is 2. The van der Waals surface area contributed by atoms with E-state index in [2.05, 4.69) is 21.3 Å². The fourth-order valence-corrected chi connectivity index (χ4v) is 4.58. The van der Waals surface area contributed by atoms with Gasteiger partial charge in [-0.15, -0.1) is 0 Å². The van der Waals surface area contributed by atoms with E-state index in [0.29, 0.717) is 11.3 Å². The van der Waals surface area contributed by atoms with Crippen LogP contribution in [0.15, 0.2) is 54.9 Å². The molecule has 0 atom stereocenters. The Bertz CT molecular complexity index is 1450. The van der Waals surface area contributed by atoms with Gasteiger partial charge < -0.3 is 20.1 Å². The number of carbonyl (C=O) groups excluding carboxylic acids is 1. The quantitative estimate of drug-likeness (QED) is 0.427. The summed E-state index contributed by atoms with van der Waals surface area (Å²) in [4.78, 5) is 35.1. The smallest absolute Gasteiger partial charge is 0.407 e. The molecule has 2 aromatic carbocycles. The van der Waals surface area contributed by atoms with Crippen LogP contribution in [0.3, 0.4) is 0 Å². The fourth-order valence-electron chi connectivity index (χ4n) is 4.58. The summed E-state index contributed by atoms with van der Waals surface area (Å²) in [5.74, 6) is -0.271. The zero-order chi connectivity index (χ0) is 25.4. The van der Waals surface area contributed by atoms with Crippen LogP contribution in [0.25, 0.3) is 27.8 Å². The number of aromatic carboxylic acids is 1. The van der Waals surface area contributed by atoms with Gasteiger partial charge in [0.15, 0.2) is 0 Å². The molecule has 0 unspecified atom stereocenters. The van der Waals surface area contributed by atoms with Crippen molar-refractivity contribution in [2.75, 3.05) is 18.0 Å². The molecule has 2 N–H and O–H groups in total. The molecule has 1 amide bonds. The zero-order valence-electron chi connectivity index (χ0n) is 20.6. The minimum Gasteiger partial charge on any atom is -0.478 e. The van der Waals surface area contributed by atoms with Crippen molar-refractivity contribution in [1.29, 1.82) is 0 Å². The van der Waals surface area contributed by atoms with E-state index in [1.54, 1.807) is 24.5 Å². The molecule has 186 valence electrons. The maximum Gasteiger partial charge on any atom is 0.407 e. The Balaban J connectivity index is 1.38. The lowest BCUT2D eigenvalue weighted by Gasteiger charge is -2.34. The van der Waals surface area contributed by atoms with Gasteiger partial charge in [0, 0.05) is 24.5 Å². The van der Waals surface area contributed by atoms with Crippen LogP contribution >= 0.6 is 0 Å². The second-order valence-corrected chi connectivity index (χ2v) is 10.0. The summed E-state index contributed by atoms with van der Waals surface area (Å²) >= 11 is 0. The van der Waals surface area contributed by atoms with E-state index in [1.165, 1.54) is 0 Å². The number of fused-ring (bicyclic) bond motifs is 2. The lowest BCUT2D eigenvalue weighted by molar-refractivity contribution is 0.0496. The Kier molecular flexibility index (Phi) is 5.99. The molecule has 5 rings (SSSR count). The van der Waals surface area contributed by atoms with Crippen molar-refractivity contribution in [1.82, 2.24) is 19.9 Å². The second kappa shape index (κ2) is 9.14. The van der Waals surface area contributed by atoms with Crippen LogP contribution in [-0.4, -0.2) is 56.4 Å². The monoisotopic (exact) mass is 487 g/mol. The van der Waals surface area contributed by atoms with Crippen molar-refractivity contribution in [3.8, 4) is 5.82 Å². The first kappa shape index (κ1) is 23.6. The minimum absolute atomic E-state index is 0.0719. The van der Waals surface area contributed by atoms with E-state index in [4.69, 9.17) is 9.72 Å². The number of hydrogen-bond donors (Lipinski definition) is 2. The average Bonchev–Trinajstić information content (AvgIpc) is 3.26. The Morgan fingerprint density at radius 1 is 1.08 bits per heavy atom. The molecule has 3 heterocycles. The Morgan fingerprint density at radius 2 is 1.86 bits per heavy atom. The van der Waals surface area contributed by atoms with Crippen LogP contribution in [0.2, 0.25) is 0 Å². The number of piperidine rings is 1. The first-order valence-electron chi connectivity index (χ1n) is 12.0. The topological polar surface area (TPSA) is 110 Å². The van der Waals surface area contributed by atoms with Crippen LogP contribution in [-0.2, 0) is 4.74 Å². The van der Waals surface area contributed by atoms with Crippen LogP contribution in [0.5, 0.6) is 0 Å². The maximum atomic E-state index is 12.2. The number of pyridine rings is 1. The number of carboxylic acid groups (broad SMARTS) is 1. The normalized spacial score (nSPS) is 14.8. The number of alkyl carbamates (subject to hydrolysis) is 1. The molecule has 2 aromatic heterocycles. The number of para-hydroxylation sites is 1. The highest BCUT2D eigenvalue weighted by atomic mass is 16.6. The van der Waals surface area contributed by atoms with Crippen molar-refractivity contribution in [2.45, 2.75) is 45.3 Å². The van der Waals surface area contributed by atoms with Crippen LogP contribution < -0.4 is 10.2 Å². The molecule has 1 fully saturated rings. The highest BCUT2D eigenvalue weighted by Gasteiger charge is 2.25. The van der Waals surface area contributed by atoms with Gasteiger partial charge in [-0.3, -0.25) is 4.57 Å². The van der Waals surface area contributed by atoms with Crippen molar-refractivity contribution in [2.24, 2.45) is 0 Å². The number of nitrogens with one attached hydrogen (secondary N) is 1. The van der Waals surface area contributed by atoms with Gasteiger partial charge in [0.05, 0.1) is 27.8 Å². The summed E-state index contributed by atoms with van der Waals surface area (Å²) in [6.07, 6.45) is 2.92. The van der Waals surface area contributed by atoms with Crippen molar-refractivity contribution < 1.29 is 19.4 Å². The minimum atomic E-state index is -0.981. The Morgan fingerprint density at radius 3 is 2.58 bits per heavy atom. The Labute approximate surface area is 208 Å². The van der Waals surface area contributed by atoms with E-state index >= 15 is 0 Å². The number of anilines is 1. The molecule has 1 saturated heterocycles. The SMILES string of the molecule is CC(C)(C)OC(=O)NC1CCN(c2cccc3ccc(-n4cnc5cc(C(=O)O)ccc54)nc23)CC1. The molecule has 1 aliphatic rings.